The van der Waals surface area contributed by atoms with Crippen LogP contribution in [-0.2, 0) is 87.6 Å². The van der Waals surface area contributed by atoms with Gasteiger partial charge in [0.25, 0.3) is 17.7 Å². The summed E-state index contributed by atoms with van der Waals surface area (Å²) in [5, 5.41) is 13.6. The maximum Gasteiger partial charge on any atom is 0.329 e. The Labute approximate surface area is 559 Å². The minimum absolute atomic E-state index is 0.00491. The lowest BCUT2D eigenvalue weighted by atomic mass is 10.1. The summed E-state index contributed by atoms with van der Waals surface area (Å²) in [6.07, 6.45) is 5.35. The van der Waals surface area contributed by atoms with Gasteiger partial charge in [0.15, 0.2) is 0 Å². The van der Waals surface area contributed by atoms with E-state index in [1.54, 1.807) is 86.6 Å². The molecule has 0 unspecified atom stereocenters. The van der Waals surface area contributed by atoms with Crippen molar-refractivity contribution in [1.82, 2.24) is 51.1 Å². The van der Waals surface area contributed by atoms with Gasteiger partial charge in [-0.1, -0.05) is 12.1 Å². The minimum atomic E-state index is -1.07. The summed E-state index contributed by atoms with van der Waals surface area (Å²) in [6, 6.07) is 4.41. The van der Waals surface area contributed by atoms with Crippen molar-refractivity contribution in [2.45, 2.75) is 150 Å². The standard InChI is InChI=1S/C65H106N10O18S/c1-62(2,3)90-56(81)43-72-27-25-71(26-28-73(44-57(82)91-63(4,5)6)30-32-74(31-29-72)45-58(83)92-64(7,8)9)42-52(77)66-23-33-87-34-35-88-36-37-89-46-53(78)67-40-47-17-16-18-48(39-47)59(84)70-49(22-38-94-13)60(85)68-41-51(76)69-50(61(86)93-65(10,11)12)19-14-15-24-75-54(79)20-21-55(75)80/h16-18,20-21,39,49-50H,14-15,19,22-38,40-46H2,1-13H3,(H,66,77)(H,67,78)(H,68,85)(H,69,76)(H,70,84)/t49-,50-/m0/s1. The zero-order chi connectivity index (χ0) is 70.1. The van der Waals surface area contributed by atoms with Crippen LogP contribution < -0.4 is 26.6 Å². The number of rotatable bonds is 36. The molecule has 7 amide bonds. The number of nitrogens with one attached hydrogen (secondary N) is 5. The van der Waals surface area contributed by atoms with Crippen molar-refractivity contribution in [3.8, 4) is 0 Å². The normalized spacial score (nSPS) is 15.8. The average molecular weight is 1350 g/mol. The van der Waals surface area contributed by atoms with Crippen molar-refractivity contribution in [1.29, 1.82) is 0 Å². The van der Waals surface area contributed by atoms with E-state index in [2.05, 4.69) is 26.6 Å². The molecule has 2 aliphatic rings. The highest BCUT2D eigenvalue weighted by Gasteiger charge is 2.31. The van der Waals surface area contributed by atoms with Crippen molar-refractivity contribution in [2.75, 3.05) is 150 Å². The third-order valence-corrected chi connectivity index (χ3v) is 14.2. The predicted molar refractivity (Wildman–Crippen MR) is 352 cm³/mol. The van der Waals surface area contributed by atoms with Gasteiger partial charge in [0.2, 0.25) is 23.6 Å². The van der Waals surface area contributed by atoms with E-state index in [9.17, 15) is 52.7 Å². The molecule has 0 aromatic heterocycles. The van der Waals surface area contributed by atoms with E-state index >= 15 is 0 Å². The Morgan fingerprint density at radius 2 is 1.00 bits per heavy atom. The van der Waals surface area contributed by atoms with Gasteiger partial charge in [-0.15, -0.1) is 0 Å². The van der Waals surface area contributed by atoms with E-state index in [-0.39, 0.29) is 116 Å². The molecule has 94 heavy (non-hydrogen) atoms. The third kappa shape index (κ3) is 37.5. The second kappa shape index (κ2) is 41.4. The second-order valence-electron chi connectivity index (χ2n) is 26.8. The lowest BCUT2D eigenvalue weighted by Crippen LogP contribution is -2.51. The van der Waals surface area contributed by atoms with Gasteiger partial charge in [0, 0.05) is 89.7 Å². The fraction of sp³-hybridized carbons (Fsp3) is 0.708. The number of carbonyl (C=O) groups is 11. The maximum absolute atomic E-state index is 13.5. The first-order valence-electron chi connectivity index (χ1n) is 32.1. The van der Waals surface area contributed by atoms with Gasteiger partial charge in [-0.2, -0.15) is 11.8 Å². The summed E-state index contributed by atoms with van der Waals surface area (Å²) < 4.78 is 39.2. The predicted octanol–water partition coefficient (Wildman–Crippen LogP) is 1.60. The average Bonchev–Trinajstić information content (AvgIpc) is 2.76. The Morgan fingerprint density at radius 3 is 1.49 bits per heavy atom. The molecule has 1 aromatic rings. The molecule has 0 bridgehead atoms. The Morgan fingerprint density at radius 1 is 0.521 bits per heavy atom. The van der Waals surface area contributed by atoms with Gasteiger partial charge in [0.1, 0.15) is 41.1 Å². The van der Waals surface area contributed by atoms with E-state index in [0.717, 1.165) is 4.90 Å². The molecular weight excluding hydrogens is 1240 g/mol. The maximum atomic E-state index is 13.5. The van der Waals surface area contributed by atoms with E-state index in [1.807, 2.05) is 46.6 Å². The van der Waals surface area contributed by atoms with Crippen molar-refractivity contribution in [3.63, 3.8) is 0 Å². The summed E-state index contributed by atoms with van der Waals surface area (Å²) in [5.74, 6) is -4.68. The molecule has 1 aromatic carbocycles. The topological polar surface area (TPSA) is 329 Å². The first-order valence-corrected chi connectivity index (χ1v) is 33.5. The van der Waals surface area contributed by atoms with Crippen molar-refractivity contribution in [2.24, 2.45) is 0 Å². The highest BCUT2D eigenvalue weighted by molar-refractivity contribution is 7.98. The van der Waals surface area contributed by atoms with E-state index < -0.39 is 94.4 Å². The quantitative estimate of drug-likeness (QED) is 0.0276. The molecule has 2 aliphatic heterocycles. The zero-order valence-corrected chi connectivity index (χ0v) is 58.5. The molecule has 5 N–H and O–H groups in total. The smallest absolute Gasteiger partial charge is 0.329 e. The summed E-state index contributed by atoms with van der Waals surface area (Å²) in [6.45, 7) is 25.3. The number of amides is 7. The fourth-order valence-electron chi connectivity index (χ4n) is 9.25. The van der Waals surface area contributed by atoms with E-state index in [4.69, 9.17) is 33.2 Å². The van der Waals surface area contributed by atoms with Crippen LogP contribution in [0, 0.1) is 0 Å². The lowest BCUT2D eigenvalue weighted by molar-refractivity contribution is -0.159. The Kier molecular flexibility index (Phi) is 35.9. The van der Waals surface area contributed by atoms with Gasteiger partial charge in [-0.25, -0.2) is 4.79 Å². The number of hydrogen-bond acceptors (Lipinski definition) is 23. The second-order valence-corrected chi connectivity index (χ2v) is 27.8. The number of esters is 4. The van der Waals surface area contributed by atoms with E-state index in [1.165, 1.54) is 23.9 Å². The first-order chi connectivity index (χ1) is 44.1. The van der Waals surface area contributed by atoms with Gasteiger partial charge in [-0.3, -0.25) is 72.4 Å². The van der Waals surface area contributed by atoms with E-state index in [0.29, 0.717) is 76.5 Å². The molecular formula is C65H106N10O18S. The molecule has 0 aliphatic carbocycles. The third-order valence-electron chi connectivity index (χ3n) is 13.5. The van der Waals surface area contributed by atoms with Crippen molar-refractivity contribution < 1.29 is 85.9 Å². The first kappa shape index (κ1) is 81.6. The van der Waals surface area contributed by atoms with Gasteiger partial charge in [0.05, 0.1) is 65.8 Å². The number of imide groups is 1. The van der Waals surface area contributed by atoms with Crippen LogP contribution in [0.5, 0.6) is 0 Å². The number of nitrogens with zero attached hydrogens (tertiary/aromatic N) is 5. The van der Waals surface area contributed by atoms with Gasteiger partial charge in [-0.05, 0) is 138 Å². The fourth-order valence-corrected chi connectivity index (χ4v) is 9.73. The molecule has 29 heteroatoms. The number of ether oxygens (including phenoxy) is 7. The van der Waals surface area contributed by atoms with Crippen LogP contribution >= 0.6 is 11.8 Å². The number of carbonyl (C=O) groups excluding carboxylic acids is 11. The van der Waals surface area contributed by atoms with Crippen LogP contribution in [0.1, 0.15) is 125 Å². The van der Waals surface area contributed by atoms with Gasteiger partial charge < -0.3 is 59.7 Å². The monoisotopic (exact) mass is 1350 g/mol. The van der Waals surface area contributed by atoms with Crippen LogP contribution in [0.3, 0.4) is 0 Å². The zero-order valence-electron chi connectivity index (χ0n) is 57.7. The molecule has 28 nitrogen and oxygen atoms in total. The molecule has 1 saturated heterocycles. The summed E-state index contributed by atoms with van der Waals surface area (Å²) in [5.41, 5.74) is -2.08. The Balaban J connectivity index is 1.41. The highest BCUT2D eigenvalue weighted by Crippen LogP contribution is 2.16. The molecule has 0 radical (unpaired) electrons. The molecule has 0 spiro atoms. The largest absolute Gasteiger partial charge is 0.459 e. The Bertz CT molecular complexity index is 2610. The SMILES string of the molecule is CSCC[C@H](NC(=O)c1cccc(CNC(=O)COCCOCCOCCNC(=O)CN2CCN(CC(=O)OC(C)(C)C)CCN(CC(=O)OC(C)(C)C)CCN(CC(=O)OC(C)(C)C)CC2)c1)C(=O)NCC(=O)N[C@@H](CCCCN1C(=O)C=CC1=O)C(=O)OC(C)(C)C. The van der Waals surface area contributed by atoms with Crippen LogP contribution in [0.2, 0.25) is 0 Å². The number of thioether (sulfide) groups is 1. The molecule has 0 saturated carbocycles. The molecule has 2 heterocycles. The molecule has 2 atom stereocenters. The number of unbranched alkanes of at least 4 members (excludes halogenated alkanes) is 1. The summed E-state index contributed by atoms with van der Waals surface area (Å²) >= 11 is 1.46. The van der Waals surface area contributed by atoms with Crippen molar-refractivity contribution in [3.05, 3.63) is 47.5 Å². The number of hydrogen-bond donors (Lipinski definition) is 5. The summed E-state index contributed by atoms with van der Waals surface area (Å²) in [7, 11) is 0. The van der Waals surface area contributed by atoms with Gasteiger partial charge >= 0.3 is 23.9 Å². The Hall–Kier alpha value is -6.60. The summed E-state index contributed by atoms with van der Waals surface area (Å²) in [4.78, 5) is 151. The molecule has 530 valence electrons. The van der Waals surface area contributed by atoms with Crippen LogP contribution in [0.15, 0.2) is 36.4 Å². The highest BCUT2D eigenvalue weighted by atomic mass is 32.2. The molecule has 3 rings (SSSR count). The lowest BCUT2D eigenvalue weighted by Gasteiger charge is -2.34. The number of benzene rings is 1. The van der Waals surface area contributed by atoms with Crippen LogP contribution in [-0.4, -0.2) is 274 Å². The van der Waals surface area contributed by atoms with Crippen LogP contribution in [0.25, 0.3) is 0 Å². The van der Waals surface area contributed by atoms with Crippen LogP contribution in [0.4, 0.5) is 0 Å². The van der Waals surface area contributed by atoms with Crippen molar-refractivity contribution >= 4 is 77.0 Å². The minimum Gasteiger partial charge on any atom is -0.459 e. The molecule has 1 fully saturated rings.